The Morgan fingerprint density at radius 2 is 1.95 bits per heavy atom. The Labute approximate surface area is 113 Å². The summed E-state index contributed by atoms with van der Waals surface area (Å²) >= 11 is 0. The van der Waals surface area contributed by atoms with Crippen molar-refractivity contribution in [1.29, 1.82) is 0 Å². The maximum absolute atomic E-state index is 13.6. The Bertz CT molecular complexity index is 625. The highest BCUT2D eigenvalue weighted by Gasteiger charge is 2.31. The maximum atomic E-state index is 13.6. The Morgan fingerprint density at radius 3 is 2.40 bits per heavy atom. The summed E-state index contributed by atoms with van der Waals surface area (Å²) in [6.07, 6.45) is 0.964. The van der Waals surface area contributed by atoms with Gasteiger partial charge in [0.05, 0.1) is 28.1 Å². The predicted octanol–water partition coefficient (Wildman–Crippen LogP) is 1.86. The first-order valence-corrected chi connectivity index (χ1v) is 7.61. The Hall–Kier alpha value is -1.77. The molecule has 0 bridgehead atoms. The number of nitro groups is 1. The number of benzene rings is 1. The summed E-state index contributed by atoms with van der Waals surface area (Å²) in [4.78, 5) is 9.54. The molecular formula is C11H12F2N2O4S. The van der Waals surface area contributed by atoms with Gasteiger partial charge >= 0.3 is 0 Å². The first kappa shape index (κ1) is 14.6. The number of halogens is 2. The molecule has 110 valence electrons. The Morgan fingerprint density at radius 1 is 1.35 bits per heavy atom. The van der Waals surface area contributed by atoms with Crippen LogP contribution in [-0.2, 0) is 9.84 Å². The summed E-state index contributed by atoms with van der Waals surface area (Å²) in [5, 5.41) is 12.2. The van der Waals surface area contributed by atoms with E-state index in [9.17, 15) is 27.3 Å². The van der Waals surface area contributed by atoms with Crippen molar-refractivity contribution in [1.82, 2.24) is 0 Å². The van der Waals surface area contributed by atoms with Crippen molar-refractivity contribution >= 4 is 21.2 Å². The number of rotatable bonds is 4. The summed E-state index contributed by atoms with van der Waals surface area (Å²) in [5.41, 5.74) is -1.24. The molecule has 1 heterocycles. The summed E-state index contributed by atoms with van der Waals surface area (Å²) < 4.78 is 50.3. The molecule has 0 spiro atoms. The van der Waals surface area contributed by atoms with Gasteiger partial charge in [0, 0.05) is 6.54 Å². The van der Waals surface area contributed by atoms with Gasteiger partial charge in [-0.05, 0) is 12.8 Å². The molecule has 0 saturated carbocycles. The molecule has 20 heavy (non-hydrogen) atoms. The zero-order valence-electron chi connectivity index (χ0n) is 10.3. The van der Waals surface area contributed by atoms with Crippen molar-refractivity contribution in [2.45, 2.75) is 18.1 Å². The average molecular weight is 306 g/mol. The normalized spacial score (nSPS) is 20.8. The second kappa shape index (κ2) is 5.31. The molecule has 1 aromatic rings. The standard InChI is InChI=1S/C11H12F2N2O4S/c12-9-4-7(15(16)17)5-10(13)11(9)14-6-8-2-1-3-20(8,18)19/h4-5,8,14H,1-3,6H2. The van der Waals surface area contributed by atoms with Crippen LogP contribution in [-0.4, -0.2) is 30.9 Å². The van der Waals surface area contributed by atoms with Crippen LogP contribution in [0.4, 0.5) is 20.2 Å². The van der Waals surface area contributed by atoms with Crippen LogP contribution in [0.25, 0.3) is 0 Å². The minimum atomic E-state index is -3.22. The van der Waals surface area contributed by atoms with E-state index in [1.54, 1.807) is 0 Å². The Kier molecular flexibility index (Phi) is 3.89. The molecular weight excluding hydrogens is 294 g/mol. The van der Waals surface area contributed by atoms with Gasteiger partial charge < -0.3 is 5.32 Å². The lowest BCUT2D eigenvalue weighted by Crippen LogP contribution is -2.25. The van der Waals surface area contributed by atoms with Crippen molar-refractivity contribution in [3.8, 4) is 0 Å². The first-order chi connectivity index (χ1) is 9.31. The number of hydrogen-bond donors (Lipinski definition) is 1. The molecule has 6 nitrogen and oxygen atoms in total. The summed E-state index contributed by atoms with van der Waals surface area (Å²) in [7, 11) is -3.22. The number of nitrogens with zero attached hydrogens (tertiary/aromatic N) is 1. The minimum Gasteiger partial charge on any atom is -0.379 e. The zero-order chi connectivity index (χ0) is 14.9. The van der Waals surface area contributed by atoms with Crippen molar-refractivity contribution in [2.75, 3.05) is 17.6 Å². The highest BCUT2D eigenvalue weighted by Crippen LogP contribution is 2.26. The highest BCUT2D eigenvalue weighted by molar-refractivity contribution is 7.92. The molecule has 0 radical (unpaired) electrons. The topological polar surface area (TPSA) is 89.3 Å². The maximum Gasteiger partial charge on any atom is 0.275 e. The smallest absolute Gasteiger partial charge is 0.275 e. The minimum absolute atomic E-state index is 0.0740. The van der Waals surface area contributed by atoms with E-state index in [-0.39, 0.29) is 12.3 Å². The summed E-state index contributed by atoms with van der Waals surface area (Å²) in [5.74, 6) is -2.16. The fourth-order valence-electron chi connectivity index (χ4n) is 2.14. The number of sulfone groups is 1. The molecule has 1 unspecified atom stereocenters. The van der Waals surface area contributed by atoms with E-state index in [1.165, 1.54) is 0 Å². The molecule has 2 rings (SSSR count). The van der Waals surface area contributed by atoms with Crippen molar-refractivity contribution in [3.05, 3.63) is 33.9 Å². The van der Waals surface area contributed by atoms with Gasteiger partial charge in [-0.25, -0.2) is 17.2 Å². The number of nitro benzene ring substituents is 1. The van der Waals surface area contributed by atoms with Crippen LogP contribution >= 0.6 is 0 Å². The van der Waals surface area contributed by atoms with Crippen LogP contribution in [0.15, 0.2) is 12.1 Å². The SMILES string of the molecule is O=[N+]([O-])c1cc(F)c(NCC2CCCS2(=O)=O)c(F)c1. The lowest BCUT2D eigenvalue weighted by Gasteiger charge is -2.13. The van der Waals surface area contributed by atoms with E-state index < -0.39 is 43.0 Å². The molecule has 1 atom stereocenters. The number of nitrogens with one attached hydrogen (secondary N) is 1. The quantitative estimate of drug-likeness (QED) is 0.677. The average Bonchev–Trinajstić information content (AvgIpc) is 2.67. The number of hydrogen-bond acceptors (Lipinski definition) is 5. The van der Waals surface area contributed by atoms with Crippen LogP contribution < -0.4 is 5.32 Å². The predicted molar refractivity (Wildman–Crippen MR) is 68.3 cm³/mol. The molecule has 1 aliphatic heterocycles. The fourth-order valence-corrected chi connectivity index (χ4v) is 3.90. The largest absolute Gasteiger partial charge is 0.379 e. The van der Waals surface area contributed by atoms with E-state index in [1.807, 2.05) is 0 Å². The van der Waals surface area contributed by atoms with Gasteiger partial charge in [-0.1, -0.05) is 0 Å². The third-order valence-electron chi connectivity index (χ3n) is 3.21. The monoisotopic (exact) mass is 306 g/mol. The van der Waals surface area contributed by atoms with Gasteiger partial charge in [0.25, 0.3) is 5.69 Å². The number of non-ortho nitro benzene ring substituents is 1. The Balaban J connectivity index is 2.16. The van der Waals surface area contributed by atoms with Crippen LogP contribution in [0, 0.1) is 21.7 Å². The summed E-state index contributed by atoms with van der Waals surface area (Å²) in [6, 6.07) is 1.18. The van der Waals surface area contributed by atoms with E-state index in [4.69, 9.17) is 0 Å². The van der Waals surface area contributed by atoms with Crippen LogP contribution in [0.3, 0.4) is 0 Å². The van der Waals surface area contributed by atoms with E-state index >= 15 is 0 Å². The lowest BCUT2D eigenvalue weighted by molar-refractivity contribution is -0.385. The number of anilines is 1. The molecule has 9 heteroatoms. The highest BCUT2D eigenvalue weighted by atomic mass is 32.2. The van der Waals surface area contributed by atoms with Crippen LogP contribution in [0.1, 0.15) is 12.8 Å². The third kappa shape index (κ3) is 2.87. The fraction of sp³-hybridized carbons (Fsp3) is 0.455. The molecule has 0 aromatic heterocycles. The zero-order valence-corrected chi connectivity index (χ0v) is 11.1. The van der Waals surface area contributed by atoms with Gasteiger partial charge in [0.15, 0.2) is 21.5 Å². The van der Waals surface area contributed by atoms with Gasteiger partial charge in [-0.3, -0.25) is 10.1 Å². The summed E-state index contributed by atoms with van der Waals surface area (Å²) in [6.45, 7) is -0.117. The molecule has 1 aliphatic rings. The van der Waals surface area contributed by atoms with Gasteiger partial charge in [0.1, 0.15) is 5.69 Å². The third-order valence-corrected chi connectivity index (χ3v) is 5.48. The van der Waals surface area contributed by atoms with E-state index in [0.29, 0.717) is 25.0 Å². The van der Waals surface area contributed by atoms with Gasteiger partial charge in [0.2, 0.25) is 0 Å². The van der Waals surface area contributed by atoms with Crippen LogP contribution in [0.5, 0.6) is 0 Å². The van der Waals surface area contributed by atoms with Gasteiger partial charge in [-0.2, -0.15) is 0 Å². The van der Waals surface area contributed by atoms with Crippen molar-refractivity contribution < 1.29 is 22.1 Å². The molecule has 1 fully saturated rings. The lowest BCUT2D eigenvalue weighted by atomic mass is 10.2. The second-order valence-corrected chi connectivity index (χ2v) is 6.95. The van der Waals surface area contributed by atoms with E-state index in [2.05, 4.69) is 5.32 Å². The van der Waals surface area contributed by atoms with Crippen molar-refractivity contribution in [2.24, 2.45) is 0 Å². The molecule has 1 N–H and O–H groups in total. The second-order valence-electron chi connectivity index (χ2n) is 4.55. The van der Waals surface area contributed by atoms with Gasteiger partial charge in [-0.15, -0.1) is 0 Å². The molecule has 1 aromatic carbocycles. The van der Waals surface area contributed by atoms with Crippen molar-refractivity contribution in [3.63, 3.8) is 0 Å². The molecule has 0 aliphatic carbocycles. The molecule has 0 amide bonds. The first-order valence-electron chi connectivity index (χ1n) is 5.90. The van der Waals surface area contributed by atoms with E-state index in [0.717, 1.165) is 0 Å². The molecule has 1 saturated heterocycles. The van der Waals surface area contributed by atoms with Crippen LogP contribution in [0.2, 0.25) is 0 Å².